The van der Waals surface area contributed by atoms with Gasteiger partial charge >= 0.3 is 0 Å². The van der Waals surface area contributed by atoms with Crippen molar-refractivity contribution in [3.8, 4) is 0 Å². The van der Waals surface area contributed by atoms with E-state index in [1.54, 1.807) is 6.07 Å². The predicted molar refractivity (Wildman–Crippen MR) is 73.7 cm³/mol. The van der Waals surface area contributed by atoms with E-state index >= 15 is 0 Å². The minimum absolute atomic E-state index is 0.0644. The molecular formula is C13H19Cl2NO. The van der Waals surface area contributed by atoms with Crippen molar-refractivity contribution in [2.75, 3.05) is 6.54 Å². The fourth-order valence-electron chi connectivity index (χ4n) is 1.50. The second kappa shape index (κ2) is 6.60. The van der Waals surface area contributed by atoms with E-state index < -0.39 is 0 Å². The molecule has 0 aromatic heterocycles. The maximum atomic E-state index is 9.72. The Bertz CT molecular complexity index is 368. The van der Waals surface area contributed by atoms with Gasteiger partial charge < -0.3 is 10.4 Å². The lowest BCUT2D eigenvalue weighted by Gasteiger charge is -2.20. The number of rotatable bonds is 5. The van der Waals surface area contributed by atoms with Gasteiger partial charge in [-0.1, -0.05) is 49.2 Å². The van der Waals surface area contributed by atoms with E-state index in [9.17, 15) is 5.11 Å². The Hall–Kier alpha value is -0.280. The van der Waals surface area contributed by atoms with Crippen molar-refractivity contribution in [1.82, 2.24) is 5.32 Å². The van der Waals surface area contributed by atoms with Crippen LogP contribution in [0.15, 0.2) is 18.2 Å². The van der Waals surface area contributed by atoms with Crippen LogP contribution in [-0.2, 0) is 0 Å². The van der Waals surface area contributed by atoms with Crippen LogP contribution in [0, 0.1) is 5.92 Å². The molecule has 4 heteroatoms. The lowest BCUT2D eigenvalue weighted by atomic mass is 10.1. The molecule has 1 aromatic rings. The molecule has 0 aliphatic carbocycles. The maximum Gasteiger partial charge on any atom is 0.0687 e. The first-order chi connectivity index (χ1) is 7.93. The number of aliphatic hydroxyl groups is 1. The number of benzene rings is 1. The highest BCUT2D eigenvalue weighted by molar-refractivity contribution is 6.42. The van der Waals surface area contributed by atoms with Crippen LogP contribution in [0.1, 0.15) is 32.4 Å². The van der Waals surface area contributed by atoms with Gasteiger partial charge in [0.15, 0.2) is 0 Å². The molecule has 17 heavy (non-hydrogen) atoms. The molecule has 0 bridgehead atoms. The van der Waals surface area contributed by atoms with Crippen LogP contribution in [0.2, 0.25) is 10.0 Å². The average molecular weight is 276 g/mol. The van der Waals surface area contributed by atoms with E-state index in [1.807, 2.05) is 32.9 Å². The second-order valence-corrected chi connectivity index (χ2v) is 5.37. The first kappa shape index (κ1) is 14.8. The van der Waals surface area contributed by atoms with Crippen LogP contribution in [0.25, 0.3) is 0 Å². The summed E-state index contributed by atoms with van der Waals surface area (Å²) in [5.74, 6) is 0.240. The largest absolute Gasteiger partial charge is 0.392 e. The zero-order chi connectivity index (χ0) is 13.0. The molecule has 96 valence electrons. The molecule has 0 fully saturated rings. The van der Waals surface area contributed by atoms with Gasteiger partial charge in [-0.3, -0.25) is 0 Å². The summed E-state index contributed by atoms with van der Waals surface area (Å²) in [6, 6.07) is 5.65. The summed E-state index contributed by atoms with van der Waals surface area (Å²) in [6.07, 6.45) is -0.351. The number of nitrogens with one attached hydrogen (secondary N) is 1. The molecule has 0 amide bonds. The molecule has 1 aromatic carbocycles. The van der Waals surface area contributed by atoms with Crippen molar-refractivity contribution in [2.24, 2.45) is 5.92 Å². The normalized spacial score (nSPS) is 15.0. The summed E-state index contributed by atoms with van der Waals surface area (Å²) in [7, 11) is 0. The molecule has 0 saturated carbocycles. The molecule has 2 nitrogen and oxygen atoms in total. The highest BCUT2D eigenvalue weighted by Gasteiger charge is 2.14. The summed E-state index contributed by atoms with van der Waals surface area (Å²) in [5, 5.41) is 14.1. The summed E-state index contributed by atoms with van der Waals surface area (Å²) in [6.45, 7) is 6.53. The van der Waals surface area contributed by atoms with Crippen LogP contribution in [0.5, 0.6) is 0 Å². The van der Waals surface area contributed by atoms with E-state index in [4.69, 9.17) is 23.2 Å². The van der Waals surface area contributed by atoms with Crippen LogP contribution in [-0.4, -0.2) is 17.8 Å². The van der Waals surface area contributed by atoms with E-state index in [2.05, 4.69) is 5.32 Å². The molecule has 2 unspecified atom stereocenters. The smallest absolute Gasteiger partial charge is 0.0687 e. The first-order valence-corrected chi connectivity index (χ1v) is 6.54. The fourth-order valence-corrected chi connectivity index (χ4v) is 1.97. The summed E-state index contributed by atoms with van der Waals surface area (Å²) in [4.78, 5) is 0. The Morgan fingerprint density at radius 3 is 2.47 bits per heavy atom. The van der Waals surface area contributed by atoms with E-state index in [1.165, 1.54) is 0 Å². The Balaban J connectivity index is 2.64. The van der Waals surface area contributed by atoms with Gasteiger partial charge in [-0.25, -0.2) is 0 Å². The van der Waals surface area contributed by atoms with Crippen LogP contribution < -0.4 is 5.32 Å². The summed E-state index contributed by atoms with van der Waals surface area (Å²) >= 11 is 12.1. The molecule has 0 radical (unpaired) electrons. The zero-order valence-corrected chi connectivity index (χ0v) is 11.9. The molecule has 0 heterocycles. The van der Waals surface area contributed by atoms with Crippen LogP contribution >= 0.6 is 23.2 Å². The third kappa shape index (κ3) is 4.14. The topological polar surface area (TPSA) is 32.3 Å². The van der Waals surface area contributed by atoms with E-state index in [0.29, 0.717) is 16.6 Å². The lowest BCUT2D eigenvalue weighted by Crippen LogP contribution is -2.32. The van der Waals surface area contributed by atoms with Gasteiger partial charge in [0.25, 0.3) is 0 Å². The lowest BCUT2D eigenvalue weighted by molar-refractivity contribution is 0.121. The van der Waals surface area contributed by atoms with Crippen molar-refractivity contribution in [3.05, 3.63) is 33.8 Å². The van der Waals surface area contributed by atoms with Crippen LogP contribution in [0.3, 0.4) is 0 Å². The van der Waals surface area contributed by atoms with Gasteiger partial charge in [0, 0.05) is 12.6 Å². The van der Waals surface area contributed by atoms with Crippen molar-refractivity contribution >= 4 is 23.2 Å². The molecule has 0 spiro atoms. The van der Waals surface area contributed by atoms with Crippen molar-refractivity contribution in [1.29, 1.82) is 0 Å². The Morgan fingerprint density at radius 2 is 1.88 bits per heavy atom. The number of halogens is 2. The standard InChI is InChI=1S/C13H19Cl2NO/c1-8(2)12(17)7-16-9(3)10-5-4-6-11(14)13(10)15/h4-6,8-9,12,16-17H,7H2,1-3H3. The molecule has 0 saturated heterocycles. The Kier molecular flexibility index (Phi) is 5.74. The molecular weight excluding hydrogens is 257 g/mol. The zero-order valence-electron chi connectivity index (χ0n) is 10.4. The van der Waals surface area contributed by atoms with Gasteiger partial charge in [-0.2, -0.15) is 0 Å². The van der Waals surface area contributed by atoms with Gasteiger partial charge in [-0.15, -0.1) is 0 Å². The van der Waals surface area contributed by atoms with Gasteiger partial charge in [0.1, 0.15) is 0 Å². The third-order valence-corrected chi connectivity index (χ3v) is 3.68. The van der Waals surface area contributed by atoms with E-state index in [-0.39, 0.29) is 18.1 Å². The average Bonchev–Trinajstić information content (AvgIpc) is 2.29. The van der Waals surface area contributed by atoms with E-state index in [0.717, 1.165) is 5.56 Å². The summed E-state index contributed by atoms with van der Waals surface area (Å²) < 4.78 is 0. The molecule has 2 N–H and O–H groups in total. The molecule has 2 atom stereocenters. The SMILES string of the molecule is CC(NCC(O)C(C)C)c1cccc(Cl)c1Cl. The third-order valence-electron chi connectivity index (χ3n) is 2.85. The molecule has 0 aliphatic heterocycles. The Morgan fingerprint density at radius 1 is 1.24 bits per heavy atom. The Labute approximate surface area is 113 Å². The van der Waals surface area contributed by atoms with Gasteiger partial charge in [-0.05, 0) is 24.5 Å². The highest BCUT2D eigenvalue weighted by Crippen LogP contribution is 2.29. The number of aliphatic hydroxyl groups excluding tert-OH is 1. The number of hydrogen-bond acceptors (Lipinski definition) is 2. The number of hydrogen-bond donors (Lipinski definition) is 2. The minimum atomic E-state index is -0.351. The quantitative estimate of drug-likeness (QED) is 0.860. The minimum Gasteiger partial charge on any atom is -0.392 e. The predicted octanol–water partition coefficient (Wildman–Crippen LogP) is 3.66. The monoisotopic (exact) mass is 275 g/mol. The highest BCUT2D eigenvalue weighted by atomic mass is 35.5. The van der Waals surface area contributed by atoms with Crippen molar-refractivity contribution in [2.45, 2.75) is 32.9 Å². The van der Waals surface area contributed by atoms with Crippen LogP contribution in [0.4, 0.5) is 0 Å². The maximum absolute atomic E-state index is 9.72. The summed E-state index contributed by atoms with van der Waals surface area (Å²) in [5.41, 5.74) is 0.954. The van der Waals surface area contributed by atoms with Crippen molar-refractivity contribution < 1.29 is 5.11 Å². The second-order valence-electron chi connectivity index (χ2n) is 4.58. The fraction of sp³-hybridized carbons (Fsp3) is 0.538. The first-order valence-electron chi connectivity index (χ1n) is 5.78. The molecule has 1 rings (SSSR count). The van der Waals surface area contributed by atoms with Crippen molar-refractivity contribution in [3.63, 3.8) is 0 Å². The van der Waals surface area contributed by atoms with Gasteiger partial charge in [0.05, 0.1) is 16.1 Å². The van der Waals surface area contributed by atoms with Gasteiger partial charge in [0.2, 0.25) is 0 Å². The molecule has 0 aliphatic rings.